The van der Waals surface area contributed by atoms with E-state index in [-0.39, 0.29) is 18.8 Å². The standard InChI is InChI=1S/C25H31NO3/c27-17-18-28-25-23(26-15-5-2-6-16-26)13-14-24(25)29-19-20-9-11-22(12-10-20)21-7-3-1-4-8-21/h1,3-4,7-12,17,23-25H,2,5-6,13-16,18-19H2/t23-,24+,25+/m1/s1. The first-order valence-corrected chi connectivity index (χ1v) is 10.9. The maximum atomic E-state index is 10.9. The molecule has 1 saturated carbocycles. The van der Waals surface area contributed by atoms with Crippen molar-refractivity contribution in [1.29, 1.82) is 0 Å². The van der Waals surface area contributed by atoms with Crippen LogP contribution in [0.1, 0.15) is 37.7 Å². The predicted octanol–water partition coefficient (Wildman–Crippen LogP) is 4.47. The Labute approximate surface area is 173 Å². The number of nitrogens with zero attached hydrogens (tertiary/aromatic N) is 1. The van der Waals surface area contributed by atoms with Crippen LogP contribution in [0.3, 0.4) is 0 Å². The average Bonchev–Trinajstić information content (AvgIpc) is 3.20. The minimum absolute atomic E-state index is 0.0121. The molecular formula is C25H31NO3. The summed E-state index contributed by atoms with van der Waals surface area (Å²) in [5.41, 5.74) is 3.61. The van der Waals surface area contributed by atoms with Crippen LogP contribution in [0.25, 0.3) is 11.1 Å². The Hall–Kier alpha value is -2.01. The lowest BCUT2D eigenvalue weighted by molar-refractivity contribution is -0.122. The molecule has 2 aliphatic rings. The van der Waals surface area contributed by atoms with Crippen molar-refractivity contribution in [2.45, 2.75) is 57.0 Å². The monoisotopic (exact) mass is 393 g/mol. The number of piperidine rings is 1. The summed E-state index contributed by atoms with van der Waals surface area (Å²) in [6.07, 6.45) is 6.81. The average molecular weight is 394 g/mol. The van der Waals surface area contributed by atoms with Gasteiger partial charge in [0.25, 0.3) is 0 Å². The van der Waals surface area contributed by atoms with E-state index in [0.717, 1.165) is 32.2 Å². The van der Waals surface area contributed by atoms with E-state index < -0.39 is 0 Å². The molecule has 4 nitrogen and oxygen atoms in total. The van der Waals surface area contributed by atoms with Gasteiger partial charge in [0.05, 0.1) is 18.8 Å². The predicted molar refractivity (Wildman–Crippen MR) is 115 cm³/mol. The fourth-order valence-electron chi connectivity index (χ4n) is 4.73. The lowest BCUT2D eigenvalue weighted by Crippen LogP contribution is -2.47. The SMILES string of the molecule is O=CCO[C@@H]1[C@@H](OCc2ccc(-c3ccccc3)cc2)CC[C@H]1N1CCCCC1. The zero-order valence-corrected chi connectivity index (χ0v) is 17.0. The molecule has 4 heteroatoms. The van der Waals surface area contributed by atoms with Crippen LogP contribution in [0, 0.1) is 0 Å². The van der Waals surface area contributed by atoms with Gasteiger partial charge in [0.15, 0.2) is 0 Å². The molecule has 0 unspecified atom stereocenters. The summed E-state index contributed by atoms with van der Waals surface area (Å²) in [5, 5.41) is 0. The van der Waals surface area contributed by atoms with Crippen LogP contribution in [-0.2, 0) is 20.9 Å². The quantitative estimate of drug-likeness (QED) is 0.620. The van der Waals surface area contributed by atoms with Crippen LogP contribution in [0.4, 0.5) is 0 Å². The second-order valence-electron chi connectivity index (χ2n) is 8.12. The third-order valence-electron chi connectivity index (χ3n) is 6.23. The molecule has 2 aromatic rings. The molecule has 4 rings (SSSR count). The minimum atomic E-state index is -0.0121. The van der Waals surface area contributed by atoms with Crippen molar-refractivity contribution in [1.82, 2.24) is 4.90 Å². The van der Waals surface area contributed by atoms with Crippen LogP contribution in [0.15, 0.2) is 54.6 Å². The molecule has 0 N–H and O–H groups in total. The molecule has 0 bridgehead atoms. The number of carbonyl (C=O) groups is 1. The summed E-state index contributed by atoms with van der Waals surface area (Å²) in [4.78, 5) is 13.5. The molecule has 2 fully saturated rings. The Morgan fingerprint density at radius 3 is 2.31 bits per heavy atom. The molecule has 0 amide bonds. The van der Waals surface area contributed by atoms with Crippen LogP contribution in [0.2, 0.25) is 0 Å². The van der Waals surface area contributed by atoms with Gasteiger partial charge in [-0.3, -0.25) is 4.90 Å². The van der Waals surface area contributed by atoms with E-state index in [1.54, 1.807) is 0 Å². The van der Waals surface area contributed by atoms with Crippen molar-refractivity contribution in [2.75, 3.05) is 19.7 Å². The summed E-state index contributed by atoms with van der Waals surface area (Å²) in [6, 6.07) is 19.4. The molecule has 3 atom stereocenters. The van der Waals surface area contributed by atoms with Gasteiger partial charge in [0.1, 0.15) is 12.9 Å². The molecule has 2 aromatic carbocycles. The van der Waals surface area contributed by atoms with Gasteiger partial charge in [-0.15, -0.1) is 0 Å². The van der Waals surface area contributed by atoms with E-state index in [9.17, 15) is 4.79 Å². The van der Waals surface area contributed by atoms with E-state index in [2.05, 4.69) is 53.4 Å². The van der Waals surface area contributed by atoms with Crippen LogP contribution in [-0.4, -0.2) is 49.1 Å². The highest BCUT2D eigenvalue weighted by Gasteiger charge is 2.41. The Morgan fingerprint density at radius 2 is 1.59 bits per heavy atom. The minimum Gasteiger partial charge on any atom is -0.371 e. The van der Waals surface area contributed by atoms with E-state index in [1.807, 2.05) is 6.07 Å². The summed E-state index contributed by atoms with van der Waals surface area (Å²) in [5.74, 6) is 0. The molecule has 1 aliphatic heterocycles. The zero-order chi connectivity index (χ0) is 19.9. The second kappa shape index (κ2) is 10.1. The third kappa shape index (κ3) is 5.13. The Kier molecular flexibility index (Phi) is 7.09. The number of likely N-dealkylation sites (tertiary alicyclic amines) is 1. The molecule has 1 heterocycles. The van der Waals surface area contributed by atoms with Crippen molar-refractivity contribution < 1.29 is 14.3 Å². The van der Waals surface area contributed by atoms with Gasteiger partial charge < -0.3 is 14.3 Å². The van der Waals surface area contributed by atoms with Gasteiger partial charge in [-0.2, -0.15) is 0 Å². The van der Waals surface area contributed by atoms with Crippen LogP contribution < -0.4 is 0 Å². The Morgan fingerprint density at radius 1 is 0.862 bits per heavy atom. The van der Waals surface area contributed by atoms with E-state index >= 15 is 0 Å². The maximum Gasteiger partial charge on any atom is 0.145 e. The third-order valence-corrected chi connectivity index (χ3v) is 6.23. The van der Waals surface area contributed by atoms with Crippen molar-refractivity contribution >= 4 is 6.29 Å². The lowest BCUT2D eigenvalue weighted by atomic mass is 10.0. The van der Waals surface area contributed by atoms with Crippen molar-refractivity contribution in [3.8, 4) is 11.1 Å². The summed E-state index contributed by atoms with van der Waals surface area (Å²) < 4.78 is 12.3. The highest BCUT2D eigenvalue weighted by atomic mass is 16.5. The number of rotatable bonds is 8. The van der Waals surface area contributed by atoms with Gasteiger partial charge in [0.2, 0.25) is 0 Å². The number of carbonyl (C=O) groups excluding carboxylic acids is 1. The van der Waals surface area contributed by atoms with Gasteiger partial charge in [-0.25, -0.2) is 0 Å². The topological polar surface area (TPSA) is 38.8 Å². The number of hydrogen-bond acceptors (Lipinski definition) is 4. The normalized spacial score (nSPS) is 25.2. The highest BCUT2D eigenvalue weighted by Crippen LogP contribution is 2.32. The number of aldehydes is 1. The molecule has 0 aromatic heterocycles. The fourth-order valence-corrected chi connectivity index (χ4v) is 4.73. The van der Waals surface area contributed by atoms with Crippen molar-refractivity contribution in [2.24, 2.45) is 0 Å². The zero-order valence-electron chi connectivity index (χ0n) is 17.0. The molecule has 0 radical (unpaired) electrons. The van der Waals surface area contributed by atoms with E-state index in [4.69, 9.17) is 9.47 Å². The summed E-state index contributed by atoms with van der Waals surface area (Å²) >= 11 is 0. The highest BCUT2D eigenvalue weighted by molar-refractivity contribution is 5.63. The number of benzene rings is 2. The van der Waals surface area contributed by atoms with Crippen LogP contribution >= 0.6 is 0 Å². The molecule has 154 valence electrons. The fraction of sp³-hybridized carbons (Fsp3) is 0.480. The van der Waals surface area contributed by atoms with Crippen LogP contribution in [0.5, 0.6) is 0 Å². The lowest BCUT2D eigenvalue weighted by Gasteiger charge is -2.36. The number of hydrogen-bond donors (Lipinski definition) is 0. The Bertz CT molecular complexity index is 755. The first kappa shape index (κ1) is 20.3. The molecule has 0 spiro atoms. The van der Waals surface area contributed by atoms with Gasteiger partial charge >= 0.3 is 0 Å². The first-order chi connectivity index (χ1) is 14.3. The van der Waals surface area contributed by atoms with Gasteiger partial charge in [0, 0.05) is 6.04 Å². The Balaban J connectivity index is 1.36. The smallest absolute Gasteiger partial charge is 0.145 e. The molecule has 1 aliphatic carbocycles. The summed E-state index contributed by atoms with van der Waals surface area (Å²) in [7, 11) is 0. The largest absolute Gasteiger partial charge is 0.371 e. The first-order valence-electron chi connectivity index (χ1n) is 10.9. The van der Waals surface area contributed by atoms with Crippen molar-refractivity contribution in [3.05, 3.63) is 60.2 Å². The van der Waals surface area contributed by atoms with E-state index in [0.29, 0.717) is 12.6 Å². The molecular weight excluding hydrogens is 362 g/mol. The van der Waals surface area contributed by atoms with Gasteiger partial charge in [-0.05, 0) is 55.5 Å². The maximum absolute atomic E-state index is 10.9. The second-order valence-corrected chi connectivity index (χ2v) is 8.12. The summed E-state index contributed by atoms with van der Waals surface area (Å²) in [6.45, 7) is 3.01. The number of ether oxygens (including phenoxy) is 2. The molecule has 29 heavy (non-hydrogen) atoms. The van der Waals surface area contributed by atoms with Gasteiger partial charge in [-0.1, -0.05) is 61.0 Å². The molecule has 1 saturated heterocycles. The van der Waals surface area contributed by atoms with E-state index in [1.165, 1.54) is 36.0 Å². The van der Waals surface area contributed by atoms with Crippen molar-refractivity contribution in [3.63, 3.8) is 0 Å².